The molecule has 0 saturated heterocycles. The Morgan fingerprint density at radius 3 is 2.65 bits per heavy atom. The lowest BCUT2D eigenvalue weighted by molar-refractivity contribution is -0.136. The topological polar surface area (TPSA) is 60.9 Å². The molecule has 0 aliphatic rings. The maximum Gasteiger partial charge on any atom is 0.417 e. The van der Waals surface area contributed by atoms with E-state index in [2.05, 4.69) is 4.98 Å². The maximum atomic E-state index is 13.0. The van der Waals surface area contributed by atoms with Crippen molar-refractivity contribution in [3.63, 3.8) is 0 Å². The van der Waals surface area contributed by atoms with Gasteiger partial charge in [0, 0.05) is 12.6 Å². The zero-order chi connectivity index (χ0) is 15.1. The maximum absolute atomic E-state index is 13.0. The number of rotatable bonds is 2. The van der Waals surface area contributed by atoms with E-state index in [1.165, 1.54) is 12.1 Å². The number of nitrogens with zero attached hydrogens (tertiary/aromatic N) is 2. The first-order valence-electron chi connectivity index (χ1n) is 5.73. The van der Waals surface area contributed by atoms with Crippen molar-refractivity contribution in [3.05, 3.63) is 39.4 Å². The fraction of sp³-hybridized carbons (Fsp3) is 0.333. The first kappa shape index (κ1) is 14.8. The summed E-state index contributed by atoms with van der Waals surface area (Å²) in [5, 5.41) is -0.677. The van der Waals surface area contributed by atoms with Gasteiger partial charge in [0.1, 0.15) is 0 Å². The Bertz CT molecular complexity index is 709. The number of hydrogen-bond donors (Lipinski definition) is 1. The highest BCUT2D eigenvalue weighted by atomic mass is 35.5. The van der Waals surface area contributed by atoms with E-state index in [1.54, 1.807) is 6.92 Å². The summed E-state index contributed by atoms with van der Waals surface area (Å²) in [6, 6.07) is 2.90. The number of benzene rings is 1. The number of alkyl halides is 3. The van der Waals surface area contributed by atoms with Gasteiger partial charge in [-0.25, -0.2) is 4.98 Å². The molecular weight excluding hydrogens is 295 g/mol. The minimum absolute atomic E-state index is 0.00714. The molecule has 1 unspecified atom stereocenters. The Hall–Kier alpha value is -1.60. The van der Waals surface area contributed by atoms with Gasteiger partial charge in [0.15, 0.2) is 0 Å². The van der Waals surface area contributed by atoms with Gasteiger partial charge in [0.05, 0.1) is 16.5 Å². The van der Waals surface area contributed by atoms with Gasteiger partial charge in [-0.15, -0.1) is 0 Å². The summed E-state index contributed by atoms with van der Waals surface area (Å²) in [6.45, 7) is 1.61. The molecule has 4 nitrogen and oxygen atoms in total. The molecule has 0 radical (unpaired) electrons. The summed E-state index contributed by atoms with van der Waals surface area (Å²) in [4.78, 5) is 16.1. The van der Waals surface area contributed by atoms with Crippen molar-refractivity contribution in [2.75, 3.05) is 0 Å². The molecule has 8 heteroatoms. The molecule has 0 aliphatic heterocycles. The van der Waals surface area contributed by atoms with Crippen LogP contribution in [0.1, 0.15) is 12.5 Å². The van der Waals surface area contributed by atoms with Crippen LogP contribution in [0.5, 0.6) is 0 Å². The van der Waals surface area contributed by atoms with Crippen molar-refractivity contribution in [2.45, 2.75) is 25.7 Å². The highest BCUT2D eigenvalue weighted by Crippen LogP contribution is 2.33. The monoisotopic (exact) mass is 305 g/mol. The molecule has 108 valence electrons. The van der Waals surface area contributed by atoms with Crippen LogP contribution in [0, 0.1) is 0 Å². The summed E-state index contributed by atoms with van der Waals surface area (Å²) in [5.41, 5.74) is 3.61. The SMILES string of the molecule is CC(N)Cn1c(Cl)nc2cccc(C(F)(F)F)c2c1=O. The van der Waals surface area contributed by atoms with E-state index in [4.69, 9.17) is 17.3 Å². The standard InChI is InChI=1S/C12H11ClF3N3O/c1-6(17)5-19-10(20)9-7(12(14,15)16)3-2-4-8(9)18-11(19)13/h2-4,6H,5,17H2,1H3. The minimum atomic E-state index is -4.64. The Morgan fingerprint density at radius 1 is 1.45 bits per heavy atom. The van der Waals surface area contributed by atoms with E-state index in [9.17, 15) is 18.0 Å². The van der Waals surface area contributed by atoms with E-state index >= 15 is 0 Å². The Balaban J connectivity index is 2.85. The molecule has 0 fully saturated rings. The van der Waals surface area contributed by atoms with Crippen LogP contribution in [0.2, 0.25) is 5.28 Å². The molecule has 2 rings (SSSR count). The van der Waals surface area contributed by atoms with Gasteiger partial charge in [-0.1, -0.05) is 6.07 Å². The largest absolute Gasteiger partial charge is 0.417 e. The summed E-state index contributed by atoms with van der Waals surface area (Å²) in [6.07, 6.45) is -4.64. The normalized spacial score (nSPS) is 13.7. The van der Waals surface area contributed by atoms with Gasteiger partial charge in [-0.2, -0.15) is 13.2 Å². The van der Waals surface area contributed by atoms with Crippen molar-refractivity contribution < 1.29 is 13.2 Å². The van der Waals surface area contributed by atoms with Crippen molar-refractivity contribution in [2.24, 2.45) is 5.73 Å². The minimum Gasteiger partial charge on any atom is -0.326 e. The molecule has 20 heavy (non-hydrogen) atoms. The Kier molecular flexibility index (Phi) is 3.75. The van der Waals surface area contributed by atoms with Crippen LogP contribution in [-0.2, 0) is 12.7 Å². The molecule has 0 saturated carbocycles. The van der Waals surface area contributed by atoms with Crippen LogP contribution in [0.4, 0.5) is 13.2 Å². The molecule has 1 aromatic heterocycles. The third-order valence-corrected chi connectivity index (χ3v) is 3.00. The molecule has 0 amide bonds. The third-order valence-electron chi connectivity index (χ3n) is 2.71. The van der Waals surface area contributed by atoms with Gasteiger partial charge in [0.25, 0.3) is 5.56 Å². The predicted octanol–water partition coefficient (Wildman–Crippen LogP) is 2.42. The van der Waals surface area contributed by atoms with Crippen LogP contribution in [0.15, 0.2) is 23.0 Å². The molecule has 1 atom stereocenters. The Morgan fingerprint density at radius 2 is 2.10 bits per heavy atom. The molecule has 0 aliphatic carbocycles. The first-order chi connectivity index (χ1) is 9.21. The average Bonchev–Trinajstić information content (AvgIpc) is 2.32. The predicted molar refractivity (Wildman–Crippen MR) is 69.7 cm³/mol. The van der Waals surface area contributed by atoms with Crippen molar-refractivity contribution >= 4 is 22.5 Å². The fourth-order valence-electron chi connectivity index (χ4n) is 1.92. The Labute approximate surface area is 117 Å². The number of aromatic nitrogens is 2. The van der Waals surface area contributed by atoms with E-state index < -0.39 is 28.7 Å². The zero-order valence-electron chi connectivity index (χ0n) is 10.4. The second-order valence-electron chi connectivity index (χ2n) is 4.47. The highest BCUT2D eigenvalue weighted by molar-refractivity contribution is 6.28. The molecule has 1 aromatic carbocycles. The highest BCUT2D eigenvalue weighted by Gasteiger charge is 2.34. The first-order valence-corrected chi connectivity index (χ1v) is 6.11. The van der Waals surface area contributed by atoms with Crippen LogP contribution in [0.3, 0.4) is 0 Å². The lowest BCUT2D eigenvalue weighted by atomic mass is 10.1. The van der Waals surface area contributed by atoms with Gasteiger partial charge >= 0.3 is 6.18 Å². The summed E-state index contributed by atoms with van der Waals surface area (Å²) in [5.74, 6) is 0. The smallest absolute Gasteiger partial charge is 0.326 e. The number of halogens is 4. The molecule has 0 bridgehead atoms. The van der Waals surface area contributed by atoms with Crippen LogP contribution < -0.4 is 11.3 Å². The van der Waals surface area contributed by atoms with E-state index in [0.717, 1.165) is 10.6 Å². The van der Waals surface area contributed by atoms with Gasteiger partial charge in [-0.3, -0.25) is 9.36 Å². The molecule has 2 N–H and O–H groups in total. The lowest BCUT2D eigenvalue weighted by Crippen LogP contribution is -2.32. The molecule has 1 heterocycles. The number of nitrogens with two attached hydrogens (primary N) is 1. The van der Waals surface area contributed by atoms with Crippen LogP contribution >= 0.6 is 11.6 Å². The zero-order valence-corrected chi connectivity index (χ0v) is 11.2. The van der Waals surface area contributed by atoms with E-state index in [1.807, 2.05) is 0 Å². The van der Waals surface area contributed by atoms with Gasteiger partial charge in [-0.05, 0) is 30.7 Å². The fourth-order valence-corrected chi connectivity index (χ4v) is 2.16. The van der Waals surface area contributed by atoms with Crippen molar-refractivity contribution in [1.29, 1.82) is 0 Å². The van der Waals surface area contributed by atoms with E-state index in [0.29, 0.717) is 0 Å². The van der Waals surface area contributed by atoms with Gasteiger partial charge in [0.2, 0.25) is 5.28 Å². The average molecular weight is 306 g/mol. The molecular formula is C12H11ClF3N3O. The van der Waals surface area contributed by atoms with Crippen LogP contribution in [0.25, 0.3) is 10.9 Å². The molecule has 2 aromatic rings. The van der Waals surface area contributed by atoms with Gasteiger partial charge < -0.3 is 5.73 Å². The number of hydrogen-bond acceptors (Lipinski definition) is 3. The lowest BCUT2D eigenvalue weighted by Gasteiger charge is -2.14. The molecule has 0 spiro atoms. The van der Waals surface area contributed by atoms with Crippen molar-refractivity contribution in [1.82, 2.24) is 9.55 Å². The van der Waals surface area contributed by atoms with Crippen LogP contribution in [-0.4, -0.2) is 15.6 Å². The third kappa shape index (κ3) is 2.64. The summed E-state index contributed by atoms with van der Waals surface area (Å²) >= 11 is 5.83. The van der Waals surface area contributed by atoms with E-state index in [-0.39, 0.29) is 17.3 Å². The van der Waals surface area contributed by atoms with Crippen molar-refractivity contribution in [3.8, 4) is 0 Å². The number of fused-ring (bicyclic) bond motifs is 1. The second kappa shape index (κ2) is 5.06. The summed E-state index contributed by atoms with van der Waals surface area (Å²) in [7, 11) is 0. The second-order valence-corrected chi connectivity index (χ2v) is 4.81. The quantitative estimate of drug-likeness (QED) is 0.867. The summed E-state index contributed by atoms with van der Waals surface area (Å²) < 4.78 is 39.8.